The second-order valence-corrected chi connectivity index (χ2v) is 4.53. The van der Waals surface area contributed by atoms with Gasteiger partial charge in [0, 0.05) is 13.0 Å². The number of methoxy groups -OCH3 is 1. The fourth-order valence-corrected chi connectivity index (χ4v) is 1.90. The van der Waals surface area contributed by atoms with E-state index in [9.17, 15) is 9.18 Å². The number of amides is 1. The highest BCUT2D eigenvalue weighted by Gasteiger charge is 2.07. The lowest BCUT2D eigenvalue weighted by Gasteiger charge is -2.06. The molecule has 0 saturated heterocycles. The number of hydrogen-bond donors (Lipinski definition) is 2. The monoisotopic (exact) mass is 292 g/mol. The van der Waals surface area contributed by atoms with Crippen LogP contribution >= 0.6 is 0 Å². The number of hydrogen-bond acceptors (Lipinski definition) is 4. The molecule has 0 aliphatic rings. The van der Waals surface area contributed by atoms with Crippen LogP contribution in [0.2, 0.25) is 0 Å². The molecule has 21 heavy (non-hydrogen) atoms. The molecule has 1 aromatic heterocycles. The molecule has 0 bridgehead atoms. The minimum atomic E-state index is -0.465. The predicted octanol–water partition coefficient (Wildman–Crippen LogP) is 1.24. The summed E-state index contributed by atoms with van der Waals surface area (Å²) in [5, 5.41) is 9.29. The standard InChI is InChI=1S/C14H17FN4O2/c1-21-12-5-4-10(7-11(12)15)8-14(20)16-6-2-3-13-17-9-18-19-13/h4-5,7,9H,2-3,6,8H2,1H3,(H,16,20)(H,17,18,19). The van der Waals surface area contributed by atoms with E-state index in [2.05, 4.69) is 20.5 Å². The Kier molecular flexibility index (Phi) is 5.25. The SMILES string of the molecule is COc1ccc(CC(=O)NCCCc2ncn[nH]2)cc1F. The molecule has 0 radical (unpaired) electrons. The predicted molar refractivity (Wildman–Crippen MR) is 74.4 cm³/mol. The summed E-state index contributed by atoms with van der Waals surface area (Å²) in [5.74, 6) is 0.359. The lowest BCUT2D eigenvalue weighted by molar-refractivity contribution is -0.120. The van der Waals surface area contributed by atoms with Gasteiger partial charge >= 0.3 is 0 Å². The van der Waals surface area contributed by atoms with Crippen LogP contribution in [0, 0.1) is 5.82 Å². The third kappa shape index (κ3) is 4.55. The van der Waals surface area contributed by atoms with E-state index in [0.717, 1.165) is 18.7 Å². The number of rotatable bonds is 7. The number of nitrogens with zero attached hydrogens (tertiary/aromatic N) is 2. The van der Waals surface area contributed by atoms with Crippen LogP contribution in [0.4, 0.5) is 4.39 Å². The van der Waals surface area contributed by atoms with Crippen molar-refractivity contribution in [2.75, 3.05) is 13.7 Å². The van der Waals surface area contributed by atoms with Gasteiger partial charge in [-0.25, -0.2) is 9.37 Å². The number of carbonyl (C=O) groups is 1. The van der Waals surface area contributed by atoms with E-state index in [1.165, 1.54) is 25.6 Å². The summed E-state index contributed by atoms with van der Waals surface area (Å²) in [7, 11) is 1.40. The van der Waals surface area contributed by atoms with Crippen molar-refractivity contribution in [3.05, 3.63) is 41.7 Å². The number of aromatic nitrogens is 3. The summed E-state index contributed by atoms with van der Waals surface area (Å²) in [6.45, 7) is 0.540. The van der Waals surface area contributed by atoms with E-state index in [1.807, 2.05) is 0 Å². The van der Waals surface area contributed by atoms with Gasteiger partial charge in [-0.05, 0) is 24.1 Å². The van der Waals surface area contributed by atoms with Crippen molar-refractivity contribution in [3.8, 4) is 5.75 Å². The van der Waals surface area contributed by atoms with Gasteiger partial charge in [-0.3, -0.25) is 9.89 Å². The zero-order valence-electron chi connectivity index (χ0n) is 11.7. The fraction of sp³-hybridized carbons (Fsp3) is 0.357. The van der Waals surface area contributed by atoms with Gasteiger partial charge in [0.15, 0.2) is 11.6 Å². The van der Waals surface area contributed by atoms with E-state index in [1.54, 1.807) is 6.07 Å². The number of halogens is 1. The molecule has 0 unspecified atom stereocenters. The summed E-state index contributed by atoms with van der Waals surface area (Å²) in [4.78, 5) is 15.7. The third-order valence-corrected chi connectivity index (χ3v) is 2.96. The lowest BCUT2D eigenvalue weighted by Crippen LogP contribution is -2.26. The smallest absolute Gasteiger partial charge is 0.224 e. The van der Waals surface area contributed by atoms with Gasteiger partial charge in [-0.1, -0.05) is 6.07 Å². The zero-order valence-corrected chi connectivity index (χ0v) is 11.7. The molecule has 2 N–H and O–H groups in total. The van der Waals surface area contributed by atoms with Crippen LogP contribution in [0.5, 0.6) is 5.75 Å². The maximum absolute atomic E-state index is 13.5. The first kappa shape index (κ1) is 15.0. The number of aromatic amines is 1. The van der Waals surface area contributed by atoms with Gasteiger partial charge in [-0.2, -0.15) is 5.10 Å². The van der Waals surface area contributed by atoms with Crippen molar-refractivity contribution in [3.63, 3.8) is 0 Å². The molecule has 2 aromatic rings. The van der Waals surface area contributed by atoms with Crippen LogP contribution in [0.3, 0.4) is 0 Å². The number of benzene rings is 1. The molecular formula is C14H17FN4O2. The van der Waals surface area contributed by atoms with Crippen molar-refractivity contribution in [1.29, 1.82) is 0 Å². The normalized spacial score (nSPS) is 10.4. The number of carbonyl (C=O) groups excluding carboxylic acids is 1. The Balaban J connectivity index is 1.72. The Bertz CT molecular complexity index is 587. The van der Waals surface area contributed by atoms with Gasteiger partial charge < -0.3 is 10.1 Å². The Morgan fingerprint density at radius 1 is 1.48 bits per heavy atom. The minimum Gasteiger partial charge on any atom is -0.494 e. The molecular weight excluding hydrogens is 275 g/mol. The number of nitrogens with one attached hydrogen (secondary N) is 2. The molecule has 7 heteroatoms. The minimum absolute atomic E-state index is 0.142. The van der Waals surface area contributed by atoms with Gasteiger partial charge in [0.1, 0.15) is 12.2 Å². The summed E-state index contributed by atoms with van der Waals surface area (Å²) in [5.41, 5.74) is 0.612. The molecule has 0 saturated carbocycles. The van der Waals surface area contributed by atoms with Crippen LogP contribution in [-0.2, 0) is 17.6 Å². The molecule has 0 fully saturated rings. The van der Waals surface area contributed by atoms with E-state index in [0.29, 0.717) is 12.1 Å². The average molecular weight is 292 g/mol. The van der Waals surface area contributed by atoms with Crippen LogP contribution in [0.25, 0.3) is 0 Å². The second-order valence-electron chi connectivity index (χ2n) is 4.53. The number of H-pyrrole nitrogens is 1. The summed E-state index contributed by atoms with van der Waals surface area (Å²) >= 11 is 0. The summed E-state index contributed by atoms with van der Waals surface area (Å²) < 4.78 is 18.3. The topological polar surface area (TPSA) is 79.9 Å². The Hall–Kier alpha value is -2.44. The quantitative estimate of drug-likeness (QED) is 0.753. The van der Waals surface area contributed by atoms with Crippen LogP contribution in [0.1, 0.15) is 17.8 Å². The number of aryl methyl sites for hydroxylation is 1. The van der Waals surface area contributed by atoms with Gasteiger partial charge in [0.25, 0.3) is 0 Å². The molecule has 0 aliphatic carbocycles. The van der Waals surface area contributed by atoms with E-state index in [-0.39, 0.29) is 18.1 Å². The van der Waals surface area contributed by atoms with Crippen molar-refractivity contribution in [2.24, 2.45) is 0 Å². The lowest BCUT2D eigenvalue weighted by atomic mass is 10.1. The van der Waals surface area contributed by atoms with Crippen LogP contribution < -0.4 is 10.1 Å². The second kappa shape index (κ2) is 7.37. The van der Waals surface area contributed by atoms with E-state index < -0.39 is 5.82 Å². The van der Waals surface area contributed by atoms with Crippen molar-refractivity contribution in [1.82, 2.24) is 20.5 Å². The Labute approximate surface area is 121 Å². The zero-order chi connectivity index (χ0) is 15.1. The first-order valence-electron chi connectivity index (χ1n) is 6.62. The van der Waals surface area contributed by atoms with Gasteiger partial charge in [0.05, 0.1) is 13.5 Å². The van der Waals surface area contributed by atoms with Crippen molar-refractivity contribution >= 4 is 5.91 Å². The summed E-state index contributed by atoms with van der Waals surface area (Å²) in [6, 6.07) is 4.50. The third-order valence-electron chi connectivity index (χ3n) is 2.96. The molecule has 0 atom stereocenters. The molecule has 1 amide bonds. The van der Waals surface area contributed by atoms with Gasteiger partial charge in [-0.15, -0.1) is 0 Å². The van der Waals surface area contributed by atoms with Gasteiger partial charge in [0.2, 0.25) is 5.91 Å². The van der Waals surface area contributed by atoms with Crippen molar-refractivity contribution in [2.45, 2.75) is 19.3 Å². The first-order valence-corrected chi connectivity index (χ1v) is 6.62. The highest BCUT2D eigenvalue weighted by molar-refractivity contribution is 5.78. The van der Waals surface area contributed by atoms with E-state index >= 15 is 0 Å². The van der Waals surface area contributed by atoms with Crippen molar-refractivity contribution < 1.29 is 13.9 Å². The maximum atomic E-state index is 13.5. The molecule has 1 aromatic carbocycles. The molecule has 6 nitrogen and oxygen atoms in total. The molecule has 112 valence electrons. The fourth-order valence-electron chi connectivity index (χ4n) is 1.90. The molecule has 2 rings (SSSR count). The highest BCUT2D eigenvalue weighted by Crippen LogP contribution is 2.17. The first-order chi connectivity index (χ1) is 10.2. The molecule has 1 heterocycles. The summed E-state index contributed by atoms with van der Waals surface area (Å²) in [6.07, 6.45) is 3.07. The number of ether oxygens (including phenoxy) is 1. The van der Waals surface area contributed by atoms with Crippen LogP contribution in [-0.4, -0.2) is 34.7 Å². The average Bonchev–Trinajstić information content (AvgIpc) is 2.97. The Morgan fingerprint density at radius 3 is 3.00 bits per heavy atom. The molecule has 0 aliphatic heterocycles. The molecule has 0 spiro atoms. The maximum Gasteiger partial charge on any atom is 0.224 e. The van der Waals surface area contributed by atoms with Crippen LogP contribution in [0.15, 0.2) is 24.5 Å². The van der Waals surface area contributed by atoms with E-state index in [4.69, 9.17) is 4.74 Å². The highest BCUT2D eigenvalue weighted by atomic mass is 19.1. The Morgan fingerprint density at radius 2 is 2.33 bits per heavy atom. The largest absolute Gasteiger partial charge is 0.494 e.